The van der Waals surface area contributed by atoms with Crippen LogP contribution < -0.4 is 18.9 Å². The van der Waals surface area contributed by atoms with Crippen molar-refractivity contribution in [3.05, 3.63) is 73.8 Å². The summed E-state index contributed by atoms with van der Waals surface area (Å²) < 4.78 is 32.8. The van der Waals surface area contributed by atoms with Gasteiger partial charge in [0.2, 0.25) is 0 Å². The zero-order valence-corrected chi connectivity index (χ0v) is 21.7. The van der Waals surface area contributed by atoms with E-state index in [9.17, 15) is 9.59 Å². The molecule has 0 aromatic heterocycles. The maximum Gasteiger partial charge on any atom is 0.314 e. The van der Waals surface area contributed by atoms with Crippen molar-refractivity contribution < 1.29 is 38.0 Å². The average Bonchev–Trinajstić information content (AvgIpc) is 2.94. The van der Waals surface area contributed by atoms with Gasteiger partial charge in [0, 0.05) is 0 Å². The fourth-order valence-electron chi connectivity index (χ4n) is 3.94. The first-order chi connectivity index (χ1) is 18.6. The Hall–Kier alpha value is -3.62. The first-order valence-corrected chi connectivity index (χ1v) is 12.9. The third-order valence-corrected chi connectivity index (χ3v) is 5.94. The number of hydrogen-bond acceptors (Lipinski definition) is 8. The molecule has 0 radical (unpaired) electrons. The molecule has 1 aliphatic carbocycles. The van der Waals surface area contributed by atoms with Crippen LogP contribution in [0.5, 0.6) is 23.0 Å². The van der Waals surface area contributed by atoms with Crippen molar-refractivity contribution in [3.8, 4) is 23.0 Å². The Bertz CT molecular complexity index is 924. The Morgan fingerprint density at radius 3 is 1.29 bits per heavy atom. The third kappa shape index (κ3) is 10.0. The van der Waals surface area contributed by atoms with Crippen LogP contribution in [-0.2, 0) is 19.1 Å². The van der Waals surface area contributed by atoms with Gasteiger partial charge >= 0.3 is 11.9 Å². The topological polar surface area (TPSA) is 89.5 Å². The molecular formula is C30H36O8. The number of esters is 2. The van der Waals surface area contributed by atoms with Gasteiger partial charge in [-0.05, 0) is 74.2 Å². The number of carbonyl (C=O) groups is 2. The van der Waals surface area contributed by atoms with Gasteiger partial charge in [-0.2, -0.15) is 0 Å². The van der Waals surface area contributed by atoms with Crippen LogP contribution in [-0.4, -0.2) is 51.6 Å². The smallest absolute Gasteiger partial charge is 0.314 e. The van der Waals surface area contributed by atoms with Gasteiger partial charge in [-0.3, -0.25) is 9.59 Å². The highest BCUT2D eigenvalue weighted by Gasteiger charge is 2.32. The van der Waals surface area contributed by atoms with Crippen LogP contribution >= 0.6 is 0 Å². The fraction of sp³-hybridized carbons (Fsp3) is 0.400. The van der Waals surface area contributed by atoms with E-state index in [2.05, 4.69) is 13.2 Å². The van der Waals surface area contributed by atoms with Crippen molar-refractivity contribution in [1.29, 1.82) is 0 Å². The van der Waals surface area contributed by atoms with Crippen molar-refractivity contribution in [2.75, 3.05) is 39.6 Å². The maximum atomic E-state index is 12.6. The molecule has 8 nitrogen and oxygen atoms in total. The number of hydrogen-bond donors (Lipinski definition) is 0. The normalized spacial score (nSPS) is 16.7. The van der Waals surface area contributed by atoms with Crippen LogP contribution in [0.15, 0.2) is 73.8 Å². The quantitative estimate of drug-likeness (QED) is 0.129. The van der Waals surface area contributed by atoms with Crippen LogP contribution in [0.1, 0.15) is 25.7 Å². The molecule has 0 heterocycles. The van der Waals surface area contributed by atoms with E-state index in [0.717, 1.165) is 0 Å². The summed E-state index contributed by atoms with van der Waals surface area (Å²) in [4.78, 5) is 25.3. The minimum absolute atomic E-state index is 0.246. The average molecular weight is 525 g/mol. The van der Waals surface area contributed by atoms with Crippen molar-refractivity contribution in [1.82, 2.24) is 0 Å². The lowest BCUT2D eigenvalue weighted by Crippen LogP contribution is -2.30. The van der Waals surface area contributed by atoms with Gasteiger partial charge in [0.15, 0.2) is 0 Å². The highest BCUT2D eigenvalue weighted by molar-refractivity contribution is 5.77. The van der Waals surface area contributed by atoms with Gasteiger partial charge in [-0.15, -0.1) is 13.2 Å². The van der Waals surface area contributed by atoms with Crippen LogP contribution in [0.25, 0.3) is 0 Å². The van der Waals surface area contributed by atoms with Gasteiger partial charge in [0.1, 0.15) is 36.2 Å². The second kappa shape index (κ2) is 16.3. The molecule has 38 heavy (non-hydrogen) atoms. The predicted octanol–water partition coefficient (Wildman–Crippen LogP) is 5.17. The molecule has 1 aliphatic rings. The Labute approximate surface area is 224 Å². The number of rotatable bonds is 16. The Kier molecular flexibility index (Phi) is 12.4. The predicted molar refractivity (Wildman–Crippen MR) is 143 cm³/mol. The molecule has 0 bridgehead atoms. The van der Waals surface area contributed by atoms with Gasteiger partial charge in [-0.1, -0.05) is 12.2 Å². The molecule has 0 N–H and O–H groups in total. The van der Waals surface area contributed by atoms with Crippen LogP contribution in [0.4, 0.5) is 0 Å². The zero-order valence-electron chi connectivity index (χ0n) is 21.7. The van der Waals surface area contributed by atoms with Gasteiger partial charge in [-0.25, -0.2) is 0 Å². The molecular weight excluding hydrogens is 488 g/mol. The number of ether oxygens (including phenoxy) is 6. The van der Waals surface area contributed by atoms with E-state index < -0.39 is 0 Å². The summed E-state index contributed by atoms with van der Waals surface area (Å²) in [7, 11) is 0. The lowest BCUT2D eigenvalue weighted by Gasteiger charge is -2.25. The van der Waals surface area contributed by atoms with Crippen molar-refractivity contribution in [3.63, 3.8) is 0 Å². The summed E-state index contributed by atoms with van der Waals surface area (Å²) in [6.07, 6.45) is 5.67. The minimum atomic E-state index is -0.284. The Balaban J connectivity index is 1.35. The molecule has 1 fully saturated rings. The lowest BCUT2D eigenvalue weighted by molar-refractivity contribution is -0.145. The van der Waals surface area contributed by atoms with Crippen molar-refractivity contribution >= 4 is 11.9 Å². The Morgan fingerprint density at radius 2 is 0.947 bits per heavy atom. The van der Waals surface area contributed by atoms with Gasteiger partial charge < -0.3 is 28.4 Å². The van der Waals surface area contributed by atoms with E-state index in [1.807, 2.05) is 0 Å². The van der Waals surface area contributed by atoms with Gasteiger partial charge in [0.05, 0.1) is 38.3 Å². The molecule has 0 unspecified atom stereocenters. The molecule has 204 valence electrons. The second-order valence-corrected chi connectivity index (χ2v) is 8.76. The molecule has 0 aliphatic heterocycles. The Morgan fingerprint density at radius 1 is 0.605 bits per heavy atom. The van der Waals surface area contributed by atoms with E-state index in [4.69, 9.17) is 28.4 Å². The highest BCUT2D eigenvalue weighted by atomic mass is 16.5. The van der Waals surface area contributed by atoms with E-state index in [1.165, 1.54) is 0 Å². The zero-order chi connectivity index (χ0) is 27.0. The molecule has 2 aromatic carbocycles. The molecule has 0 saturated heterocycles. The third-order valence-electron chi connectivity index (χ3n) is 5.94. The summed E-state index contributed by atoms with van der Waals surface area (Å²) in [5.41, 5.74) is 0. The summed E-state index contributed by atoms with van der Waals surface area (Å²) in [6.45, 7) is 9.92. The standard InChI is InChI=1S/C30H36O8/c1-3-17-33-19-21-35-25-9-13-27(14-10-25)37-29(31)23-5-7-24(8-6-23)30(32)38-28-15-11-26(12-16-28)36-22-20-34-18-4-2/h3-4,9-16,23-24H,1-2,5-8,17-22H2. The second-order valence-electron chi connectivity index (χ2n) is 8.76. The maximum absolute atomic E-state index is 12.6. The first kappa shape index (κ1) is 28.9. The number of benzene rings is 2. The van der Waals surface area contributed by atoms with Crippen LogP contribution in [0.3, 0.4) is 0 Å². The lowest BCUT2D eigenvalue weighted by atomic mass is 9.82. The number of carbonyl (C=O) groups excluding carboxylic acids is 2. The molecule has 1 saturated carbocycles. The van der Waals surface area contributed by atoms with Crippen molar-refractivity contribution in [2.24, 2.45) is 11.8 Å². The molecule has 2 aromatic rings. The SMILES string of the molecule is C=CCOCCOc1ccc(OC(=O)C2CCC(C(=O)Oc3ccc(OCCOCC=C)cc3)CC2)cc1. The molecule has 3 rings (SSSR count). The highest BCUT2D eigenvalue weighted by Crippen LogP contribution is 2.32. The van der Waals surface area contributed by atoms with Gasteiger partial charge in [0.25, 0.3) is 0 Å². The van der Waals surface area contributed by atoms with E-state index in [0.29, 0.717) is 88.3 Å². The fourth-order valence-corrected chi connectivity index (χ4v) is 3.94. The minimum Gasteiger partial charge on any atom is -0.491 e. The summed E-state index contributed by atoms with van der Waals surface area (Å²) in [5.74, 6) is 1.20. The summed E-state index contributed by atoms with van der Waals surface area (Å²) in [5, 5.41) is 0. The summed E-state index contributed by atoms with van der Waals surface area (Å²) in [6, 6.07) is 13.8. The van der Waals surface area contributed by atoms with Crippen LogP contribution in [0.2, 0.25) is 0 Å². The molecule has 0 atom stereocenters. The first-order valence-electron chi connectivity index (χ1n) is 12.9. The van der Waals surface area contributed by atoms with Crippen molar-refractivity contribution in [2.45, 2.75) is 25.7 Å². The molecule has 8 heteroatoms. The monoisotopic (exact) mass is 524 g/mol. The summed E-state index contributed by atoms with van der Waals surface area (Å²) >= 11 is 0. The van der Waals surface area contributed by atoms with E-state index in [1.54, 1.807) is 60.7 Å². The van der Waals surface area contributed by atoms with Crippen LogP contribution in [0, 0.1) is 11.8 Å². The molecule has 0 spiro atoms. The molecule has 0 amide bonds. The van der Waals surface area contributed by atoms with E-state index >= 15 is 0 Å². The largest absolute Gasteiger partial charge is 0.491 e. The van der Waals surface area contributed by atoms with E-state index in [-0.39, 0.29) is 23.8 Å².